The standard InChI is InChI=1S/C49H55BF2N4O3/c1-8-9-10-11-12-13-14-15-16-17-34-59-44-30-24-41(25-31-44)47-48-35(2)45(32-22-39-18-26-42(27-19-39)53(6)7)37(4)54(48)50(51,52)55-38(5)46(36(3)49(47)55)33-23-40-20-28-43(29-21-40)56(57)58/h18-21,24-31H,8-17,34H2,1-7H3. The second kappa shape index (κ2) is 18.8. The van der Waals surface area contributed by atoms with E-state index in [0.717, 1.165) is 39.9 Å². The molecule has 2 aliphatic heterocycles. The van der Waals surface area contributed by atoms with Crippen molar-refractivity contribution in [3.05, 3.63) is 139 Å². The van der Waals surface area contributed by atoms with Gasteiger partial charge in [-0.15, -0.1) is 0 Å². The van der Waals surface area contributed by atoms with Crippen molar-refractivity contribution in [2.75, 3.05) is 25.6 Å². The molecule has 7 nitrogen and oxygen atoms in total. The first-order valence-electron chi connectivity index (χ1n) is 21.0. The number of benzene rings is 3. The van der Waals surface area contributed by atoms with Crippen molar-refractivity contribution in [2.24, 2.45) is 0 Å². The average molecular weight is 797 g/mol. The second-order valence-electron chi connectivity index (χ2n) is 15.9. The van der Waals surface area contributed by atoms with E-state index < -0.39 is 11.9 Å². The minimum absolute atomic E-state index is 0.0435. The highest BCUT2D eigenvalue weighted by Crippen LogP contribution is 2.46. The van der Waals surface area contributed by atoms with Gasteiger partial charge in [-0.1, -0.05) is 101 Å². The first-order valence-corrected chi connectivity index (χ1v) is 21.0. The lowest BCUT2D eigenvalue weighted by molar-refractivity contribution is -0.384. The van der Waals surface area contributed by atoms with Crippen LogP contribution in [0.25, 0.3) is 5.57 Å². The molecule has 0 aliphatic carbocycles. The highest BCUT2D eigenvalue weighted by atomic mass is 19.2. The third-order valence-corrected chi connectivity index (χ3v) is 11.5. The van der Waals surface area contributed by atoms with Gasteiger partial charge >= 0.3 is 6.97 Å². The van der Waals surface area contributed by atoms with Crippen LogP contribution in [0.1, 0.15) is 124 Å². The van der Waals surface area contributed by atoms with E-state index >= 15 is 8.63 Å². The van der Waals surface area contributed by atoms with E-state index in [-0.39, 0.29) is 5.69 Å². The molecular weight excluding hydrogens is 741 g/mol. The molecule has 1 aromatic heterocycles. The van der Waals surface area contributed by atoms with Crippen LogP contribution in [0.3, 0.4) is 0 Å². The van der Waals surface area contributed by atoms with Gasteiger partial charge < -0.3 is 27.2 Å². The lowest BCUT2D eigenvalue weighted by atomic mass is 9.83. The van der Waals surface area contributed by atoms with E-state index in [4.69, 9.17) is 4.74 Å². The van der Waals surface area contributed by atoms with Gasteiger partial charge in [0.05, 0.1) is 22.7 Å². The van der Waals surface area contributed by atoms with Gasteiger partial charge in [-0.2, -0.15) is 0 Å². The summed E-state index contributed by atoms with van der Waals surface area (Å²) >= 11 is 0. The fourth-order valence-electron chi connectivity index (χ4n) is 8.26. The largest absolute Gasteiger partial charge is 0.737 e. The topological polar surface area (TPSA) is 63.6 Å². The molecule has 0 bridgehead atoms. The molecule has 4 aromatic rings. The Morgan fingerprint density at radius 3 is 1.90 bits per heavy atom. The minimum atomic E-state index is -4.37. The number of anilines is 1. The van der Waals surface area contributed by atoms with Crippen molar-refractivity contribution >= 4 is 29.6 Å². The van der Waals surface area contributed by atoms with Crippen molar-refractivity contribution < 1.29 is 22.8 Å². The summed E-state index contributed by atoms with van der Waals surface area (Å²) in [6.07, 6.45) is 12.5. The maximum Gasteiger partial charge on any atom is 0.737 e. The van der Waals surface area contributed by atoms with Gasteiger partial charge in [0.2, 0.25) is 0 Å². The molecule has 306 valence electrons. The normalized spacial score (nSPS) is 14.1. The molecule has 10 heteroatoms. The van der Waals surface area contributed by atoms with Crippen molar-refractivity contribution in [1.82, 2.24) is 4.48 Å². The maximum atomic E-state index is 17.3. The molecule has 0 atom stereocenters. The average Bonchev–Trinajstić information content (AvgIpc) is 3.63. The van der Waals surface area contributed by atoms with Crippen molar-refractivity contribution in [3.8, 4) is 29.4 Å². The van der Waals surface area contributed by atoms with Crippen LogP contribution in [-0.2, 0) is 0 Å². The van der Waals surface area contributed by atoms with E-state index in [2.05, 4.69) is 30.6 Å². The molecule has 6 rings (SSSR count). The van der Waals surface area contributed by atoms with Crippen molar-refractivity contribution in [3.63, 3.8) is 0 Å². The quantitative estimate of drug-likeness (QED) is 0.0395. The van der Waals surface area contributed by atoms with Crippen molar-refractivity contribution in [1.29, 1.82) is 0 Å². The molecule has 0 saturated heterocycles. The number of hydrogen-bond donors (Lipinski definition) is 0. The lowest BCUT2D eigenvalue weighted by Crippen LogP contribution is -2.51. The van der Waals surface area contributed by atoms with Gasteiger partial charge in [-0.05, 0) is 86.8 Å². The number of fused-ring (bicyclic) bond motifs is 2. The number of nitro groups is 1. The Hall–Kier alpha value is -5.87. The summed E-state index contributed by atoms with van der Waals surface area (Å²) in [6.45, 7) is 5.62. The molecule has 0 fully saturated rings. The minimum Gasteiger partial charge on any atom is -0.494 e. The van der Waals surface area contributed by atoms with Gasteiger partial charge in [0.1, 0.15) is 11.5 Å². The molecule has 3 aromatic carbocycles. The molecular formula is C49H55BF2N4O3. The number of nitrogens with zero attached hydrogens (tertiary/aromatic N) is 4. The number of hydrogen-bond acceptors (Lipinski definition) is 4. The monoisotopic (exact) mass is 796 g/mol. The zero-order valence-corrected chi connectivity index (χ0v) is 35.6. The van der Waals surface area contributed by atoms with E-state index in [1.807, 2.05) is 81.4 Å². The van der Waals surface area contributed by atoms with Crippen LogP contribution >= 0.6 is 0 Å². The number of aromatic nitrogens is 1. The SMILES string of the molecule is CCCCCCCCCCCCOc1ccc(C2=C3C(C)=C(C#Cc4ccc([N+](=O)[O-])cc4)C(C)=[N+]3[B-](F)(F)n3c(C)c(C#Cc4ccc(N(C)C)cc4)c(C)c32)cc1. The summed E-state index contributed by atoms with van der Waals surface area (Å²) in [6, 6.07) is 21.5. The highest BCUT2D eigenvalue weighted by molar-refractivity contribution is 6.58. The van der Waals surface area contributed by atoms with E-state index in [1.165, 1.54) is 68.0 Å². The predicted molar refractivity (Wildman–Crippen MR) is 237 cm³/mol. The van der Waals surface area contributed by atoms with Crippen LogP contribution < -0.4 is 9.64 Å². The Bertz CT molecular complexity index is 2420. The van der Waals surface area contributed by atoms with Crippen LogP contribution in [-0.4, -0.2) is 47.3 Å². The number of halogens is 2. The predicted octanol–water partition coefficient (Wildman–Crippen LogP) is 11.6. The highest BCUT2D eigenvalue weighted by Gasteiger charge is 2.57. The fourth-order valence-corrected chi connectivity index (χ4v) is 8.26. The zero-order valence-electron chi connectivity index (χ0n) is 35.6. The van der Waals surface area contributed by atoms with Gasteiger partial charge in [-0.3, -0.25) is 10.1 Å². The number of unbranched alkanes of at least 4 members (excludes halogenated alkanes) is 9. The molecule has 0 N–H and O–H groups in total. The first-order chi connectivity index (χ1) is 28.3. The van der Waals surface area contributed by atoms with Crippen LogP contribution in [0.4, 0.5) is 20.0 Å². The van der Waals surface area contributed by atoms with Gasteiger partial charge in [-0.25, -0.2) is 0 Å². The molecule has 0 amide bonds. The zero-order chi connectivity index (χ0) is 42.3. The summed E-state index contributed by atoms with van der Waals surface area (Å²) in [7, 11) is 3.95. The molecule has 0 unspecified atom stereocenters. The number of allylic oxidation sites excluding steroid dienone is 2. The summed E-state index contributed by atoms with van der Waals surface area (Å²) in [4.78, 5) is 12.7. The van der Waals surface area contributed by atoms with Crippen LogP contribution in [0.15, 0.2) is 89.6 Å². The van der Waals surface area contributed by atoms with E-state index in [9.17, 15) is 10.1 Å². The summed E-state index contributed by atoms with van der Waals surface area (Å²) in [5.41, 5.74) is 7.76. The summed E-state index contributed by atoms with van der Waals surface area (Å²) in [5, 5.41) is 11.2. The Morgan fingerprint density at radius 1 is 0.763 bits per heavy atom. The smallest absolute Gasteiger partial charge is 0.494 e. The van der Waals surface area contributed by atoms with Crippen LogP contribution in [0.2, 0.25) is 0 Å². The molecule has 3 heterocycles. The summed E-state index contributed by atoms with van der Waals surface area (Å²) in [5.74, 6) is 13.5. The van der Waals surface area contributed by atoms with E-state index in [1.54, 1.807) is 26.0 Å². The van der Waals surface area contributed by atoms with Crippen LogP contribution in [0, 0.1) is 47.6 Å². The summed E-state index contributed by atoms with van der Waals surface area (Å²) < 4.78 is 43.2. The number of nitro benzene ring substituents is 1. The van der Waals surface area contributed by atoms with Crippen molar-refractivity contribution in [2.45, 2.75) is 98.8 Å². The second-order valence-corrected chi connectivity index (χ2v) is 15.9. The number of non-ortho nitro benzene ring substituents is 1. The Morgan fingerprint density at radius 2 is 1.32 bits per heavy atom. The van der Waals surface area contributed by atoms with Crippen LogP contribution in [0.5, 0.6) is 5.75 Å². The number of rotatable bonds is 15. The lowest BCUT2D eigenvalue weighted by Gasteiger charge is -2.33. The Kier molecular flexibility index (Phi) is 13.6. The molecule has 2 aliphatic rings. The maximum absolute atomic E-state index is 17.3. The van der Waals surface area contributed by atoms with Gasteiger partial charge in [0.15, 0.2) is 5.70 Å². The first kappa shape index (κ1) is 42.7. The molecule has 0 spiro atoms. The Labute approximate surface area is 348 Å². The molecule has 0 radical (unpaired) electrons. The third kappa shape index (κ3) is 9.23. The fraction of sp³-hybridized carbons (Fsp3) is 0.367. The molecule has 0 saturated carbocycles. The van der Waals surface area contributed by atoms with Gasteiger partial charge in [0, 0.05) is 72.5 Å². The molecule has 59 heavy (non-hydrogen) atoms. The Balaban J connectivity index is 1.35. The number of ether oxygens (including phenoxy) is 1. The third-order valence-electron chi connectivity index (χ3n) is 11.5. The van der Waals surface area contributed by atoms with E-state index in [0.29, 0.717) is 62.8 Å². The van der Waals surface area contributed by atoms with Gasteiger partial charge in [0.25, 0.3) is 5.69 Å².